The molecule has 0 saturated carbocycles. The number of nitrogens with zero attached hydrogens (tertiary/aromatic N) is 1. The summed E-state index contributed by atoms with van der Waals surface area (Å²) in [6.45, 7) is 1.82. The number of H-pyrrole nitrogens is 1. The third-order valence-electron chi connectivity index (χ3n) is 2.75. The number of aromatic amines is 1. The summed E-state index contributed by atoms with van der Waals surface area (Å²) in [5, 5.41) is 9.67. The van der Waals surface area contributed by atoms with Crippen LogP contribution in [0.2, 0.25) is 0 Å². The minimum Gasteiger partial charge on any atom is -0.493 e. The van der Waals surface area contributed by atoms with Crippen molar-refractivity contribution in [3.05, 3.63) is 45.5 Å². The van der Waals surface area contributed by atoms with Gasteiger partial charge in [-0.05, 0) is 18.6 Å². The first-order valence-corrected chi connectivity index (χ1v) is 5.91. The maximum Gasteiger partial charge on any atom is 0.258 e. The molecule has 0 fully saturated rings. The molecule has 2 N–H and O–H groups in total. The van der Waals surface area contributed by atoms with Gasteiger partial charge in [-0.1, -0.05) is 13.3 Å². The number of hydrogen-bond acceptors (Lipinski definition) is 3. The number of aromatic nitrogens is 2. The van der Waals surface area contributed by atoms with E-state index >= 15 is 0 Å². The fraction of sp³-hybridized carbons (Fsp3) is 0.231. The van der Waals surface area contributed by atoms with Crippen LogP contribution in [0.5, 0.6) is 5.88 Å². The average Bonchev–Trinajstić information content (AvgIpc) is 2.39. The Balaban J connectivity index is 2.57. The molecule has 20 heavy (non-hydrogen) atoms. The van der Waals surface area contributed by atoms with E-state index in [1.54, 1.807) is 0 Å². The molecule has 2 rings (SSSR count). The Kier molecular flexibility index (Phi) is 3.78. The van der Waals surface area contributed by atoms with Gasteiger partial charge in [-0.25, -0.2) is 13.2 Å². The van der Waals surface area contributed by atoms with E-state index in [-0.39, 0.29) is 17.0 Å². The second-order valence-corrected chi connectivity index (χ2v) is 4.22. The topological polar surface area (TPSA) is 66.0 Å². The molecule has 0 aliphatic heterocycles. The number of rotatable bonds is 3. The quantitative estimate of drug-likeness (QED) is 0.851. The second-order valence-electron chi connectivity index (χ2n) is 4.22. The summed E-state index contributed by atoms with van der Waals surface area (Å²) >= 11 is 0. The van der Waals surface area contributed by atoms with Crippen LogP contribution >= 0.6 is 0 Å². The number of halogens is 3. The minimum atomic E-state index is -1.61. The van der Waals surface area contributed by atoms with Gasteiger partial charge in [0.2, 0.25) is 5.88 Å². The molecule has 2 aromatic rings. The zero-order chi connectivity index (χ0) is 14.9. The first-order valence-electron chi connectivity index (χ1n) is 5.91. The highest BCUT2D eigenvalue weighted by atomic mass is 19.2. The predicted molar refractivity (Wildman–Crippen MR) is 65.8 cm³/mol. The van der Waals surface area contributed by atoms with Crippen LogP contribution in [0.1, 0.15) is 18.9 Å². The lowest BCUT2D eigenvalue weighted by Crippen LogP contribution is -2.15. The monoisotopic (exact) mass is 284 g/mol. The Morgan fingerprint density at radius 1 is 1.25 bits per heavy atom. The molecule has 4 nitrogen and oxygen atoms in total. The van der Waals surface area contributed by atoms with Gasteiger partial charge in [0, 0.05) is 5.56 Å². The molecule has 0 spiro atoms. The molecule has 0 bridgehead atoms. The number of hydrogen-bond donors (Lipinski definition) is 2. The minimum absolute atomic E-state index is 0.0966. The summed E-state index contributed by atoms with van der Waals surface area (Å²) in [4.78, 5) is 17.7. The fourth-order valence-corrected chi connectivity index (χ4v) is 1.79. The Morgan fingerprint density at radius 3 is 2.35 bits per heavy atom. The molecule has 0 atom stereocenters. The Hall–Kier alpha value is -2.31. The lowest BCUT2D eigenvalue weighted by Gasteiger charge is -2.06. The largest absolute Gasteiger partial charge is 0.493 e. The van der Waals surface area contributed by atoms with Crippen molar-refractivity contribution >= 4 is 0 Å². The normalized spacial score (nSPS) is 10.8. The van der Waals surface area contributed by atoms with Crippen LogP contribution in [0.15, 0.2) is 16.9 Å². The summed E-state index contributed by atoms with van der Waals surface area (Å²) in [5.74, 6) is -5.15. The molecular formula is C13H11F3N2O2. The molecule has 1 aromatic heterocycles. The van der Waals surface area contributed by atoms with Crippen molar-refractivity contribution < 1.29 is 18.3 Å². The zero-order valence-electron chi connectivity index (χ0n) is 10.5. The van der Waals surface area contributed by atoms with E-state index in [2.05, 4.69) is 9.97 Å². The second kappa shape index (κ2) is 5.36. The van der Waals surface area contributed by atoms with Gasteiger partial charge in [0.15, 0.2) is 17.5 Å². The van der Waals surface area contributed by atoms with Crippen molar-refractivity contribution in [2.75, 3.05) is 0 Å². The summed E-state index contributed by atoms with van der Waals surface area (Å²) < 4.78 is 39.1. The van der Waals surface area contributed by atoms with Gasteiger partial charge in [0.1, 0.15) is 5.82 Å². The highest BCUT2D eigenvalue weighted by Gasteiger charge is 2.15. The molecule has 0 amide bonds. The fourth-order valence-electron chi connectivity index (χ4n) is 1.79. The molecule has 1 heterocycles. The maximum atomic E-state index is 13.1. The maximum absolute atomic E-state index is 13.1. The smallest absolute Gasteiger partial charge is 0.258 e. The van der Waals surface area contributed by atoms with Crippen LogP contribution < -0.4 is 5.56 Å². The van der Waals surface area contributed by atoms with Gasteiger partial charge < -0.3 is 10.1 Å². The summed E-state index contributed by atoms with van der Waals surface area (Å²) in [5.41, 5.74) is -0.671. The number of aromatic hydroxyl groups is 1. The van der Waals surface area contributed by atoms with Crippen molar-refractivity contribution in [2.45, 2.75) is 19.8 Å². The number of benzene rings is 1. The van der Waals surface area contributed by atoms with Crippen LogP contribution in [0.4, 0.5) is 13.2 Å². The predicted octanol–water partition coefficient (Wildman–Crippen LogP) is 2.51. The van der Waals surface area contributed by atoms with Gasteiger partial charge in [0.25, 0.3) is 5.56 Å². The van der Waals surface area contributed by atoms with E-state index < -0.39 is 28.9 Å². The van der Waals surface area contributed by atoms with E-state index in [0.717, 1.165) is 0 Å². The highest BCUT2D eigenvalue weighted by Crippen LogP contribution is 2.22. The van der Waals surface area contributed by atoms with Gasteiger partial charge in [-0.15, -0.1) is 0 Å². The molecule has 0 saturated heterocycles. The molecule has 0 unspecified atom stereocenters. The summed E-state index contributed by atoms with van der Waals surface area (Å²) in [6, 6.07) is 1.38. The lowest BCUT2D eigenvalue weighted by atomic mass is 10.1. The number of nitrogens with one attached hydrogen (secondary N) is 1. The van der Waals surface area contributed by atoms with Crippen LogP contribution in [0.25, 0.3) is 11.4 Å². The van der Waals surface area contributed by atoms with Crippen molar-refractivity contribution in [3.63, 3.8) is 0 Å². The van der Waals surface area contributed by atoms with Gasteiger partial charge in [0.05, 0.1) is 5.56 Å². The van der Waals surface area contributed by atoms with Gasteiger partial charge >= 0.3 is 0 Å². The molecule has 0 aliphatic carbocycles. The van der Waals surface area contributed by atoms with E-state index in [0.29, 0.717) is 25.0 Å². The van der Waals surface area contributed by atoms with E-state index in [1.807, 2.05) is 6.92 Å². The van der Waals surface area contributed by atoms with Gasteiger partial charge in [-0.2, -0.15) is 4.98 Å². The Labute approximate surface area is 111 Å². The lowest BCUT2D eigenvalue weighted by molar-refractivity contribution is 0.441. The molecule has 1 aromatic carbocycles. The Bertz CT molecular complexity index is 690. The standard InChI is InChI=1S/C13H11F3N2O2/c1-2-3-7-12(19)17-11(18-13(7)20)6-4-8(14)10(16)9(15)5-6/h4-5H,2-3H2,1H3,(H2,17,18,19,20). The van der Waals surface area contributed by atoms with Crippen molar-refractivity contribution in [3.8, 4) is 17.3 Å². The highest BCUT2D eigenvalue weighted by molar-refractivity contribution is 5.56. The SMILES string of the molecule is CCCc1c(O)nc(-c2cc(F)c(F)c(F)c2)[nH]c1=O. The molecule has 7 heteroatoms. The van der Waals surface area contributed by atoms with Crippen LogP contribution in [0.3, 0.4) is 0 Å². The Morgan fingerprint density at radius 2 is 1.85 bits per heavy atom. The molecule has 0 aliphatic rings. The third-order valence-corrected chi connectivity index (χ3v) is 2.75. The van der Waals surface area contributed by atoms with Crippen LogP contribution in [-0.2, 0) is 6.42 Å². The van der Waals surface area contributed by atoms with Crippen molar-refractivity contribution in [1.29, 1.82) is 0 Å². The summed E-state index contributed by atoms with van der Waals surface area (Å²) in [6.07, 6.45) is 0.943. The first kappa shape index (κ1) is 14.1. The van der Waals surface area contributed by atoms with Crippen LogP contribution in [0, 0.1) is 17.5 Å². The van der Waals surface area contributed by atoms with E-state index in [9.17, 15) is 23.1 Å². The van der Waals surface area contributed by atoms with Crippen molar-refractivity contribution in [2.24, 2.45) is 0 Å². The average molecular weight is 284 g/mol. The van der Waals surface area contributed by atoms with Gasteiger partial charge in [-0.3, -0.25) is 4.79 Å². The van der Waals surface area contributed by atoms with Crippen molar-refractivity contribution in [1.82, 2.24) is 9.97 Å². The molecule has 106 valence electrons. The molecule has 0 radical (unpaired) electrons. The van der Waals surface area contributed by atoms with E-state index in [4.69, 9.17) is 0 Å². The summed E-state index contributed by atoms with van der Waals surface area (Å²) in [7, 11) is 0. The zero-order valence-corrected chi connectivity index (χ0v) is 10.5. The van der Waals surface area contributed by atoms with E-state index in [1.165, 1.54) is 0 Å². The first-order chi connectivity index (χ1) is 9.43. The van der Waals surface area contributed by atoms with Crippen LogP contribution in [-0.4, -0.2) is 15.1 Å². The third kappa shape index (κ3) is 2.52. The molecular weight excluding hydrogens is 273 g/mol.